The van der Waals surface area contributed by atoms with Crippen molar-refractivity contribution in [3.63, 3.8) is 0 Å². The van der Waals surface area contributed by atoms with E-state index in [4.69, 9.17) is 0 Å². The highest BCUT2D eigenvalue weighted by molar-refractivity contribution is 5.48. The first-order valence-electron chi connectivity index (χ1n) is 7.38. The lowest BCUT2D eigenvalue weighted by Crippen LogP contribution is -2.55. The van der Waals surface area contributed by atoms with Crippen LogP contribution >= 0.6 is 0 Å². The van der Waals surface area contributed by atoms with Crippen LogP contribution in [-0.2, 0) is 18.0 Å². The molecule has 0 fully saturated rings. The van der Waals surface area contributed by atoms with Crippen LogP contribution < -0.4 is 0 Å². The number of aliphatic hydroxyl groups is 1. The Labute approximate surface area is 149 Å². The summed E-state index contributed by atoms with van der Waals surface area (Å²) in [6.45, 7) is 2.47. The van der Waals surface area contributed by atoms with Crippen LogP contribution in [0.4, 0.5) is 52.7 Å². The lowest BCUT2D eigenvalue weighted by molar-refractivity contribution is -0.378. The lowest BCUT2D eigenvalue weighted by Gasteiger charge is -2.36. The number of hydrogen-bond donors (Lipinski definition) is 1. The standard InChI is InChI=1S/C15H12F12O/c1-3-6(2)7-4-8(12(16,17)18)10(9(5-7)13(19,20)21)11(28,14(22,23)24)15(25,26)27/h4-6,28H,3H2,1-2H3. The summed E-state index contributed by atoms with van der Waals surface area (Å²) in [5.74, 6) is -1.05. The average Bonchev–Trinajstić information content (AvgIpc) is 2.48. The molecule has 0 aromatic heterocycles. The van der Waals surface area contributed by atoms with Gasteiger partial charge in [-0.3, -0.25) is 0 Å². The molecular weight excluding hydrogens is 424 g/mol. The van der Waals surface area contributed by atoms with Gasteiger partial charge < -0.3 is 5.11 Å². The quantitative estimate of drug-likeness (QED) is 0.533. The van der Waals surface area contributed by atoms with Gasteiger partial charge in [0.15, 0.2) is 0 Å². The van der Waals surface area contributed by atoms with Gasteiger partial charge in [-0.05, 0) is 30.0 Å². The fraction of sp³-hybridized carbons (Fsp3) is 0.600. The van der Waals surface area contributed by atoms with E-state index in [0.717, 1.165) is 6.92 Å². The van der Waals surface area contributed by atoms with E-state index in [1.165, 1.54) is 6.92 Å². The summed E-state index contributed by atoms with van der Waals surface area (Å²) in [6, 6.07) is -0.470. The molecule has 1 aromatic rings. The van der Waals surface area contributed by atoms with Gasteiger partial charge >= 0.3 is 24.7 Å². The molecule has 0 aliphatic rings. The first-order valence-corrected chi connectivity index (χ1v) is 7.38. The van der Waals surface area contributed by atoms with Gasteiger partial charge in [-0.25, -0.2) is 0 Å². The highest BCUT2D eigenvalue weighted by atomic mass is 19.4. The fourth-order valence-electron chi connectivity index (χ4n) is 2.47. The molecule has 0 radical (unpaired) electrons. The first-order chi connectivity index (χ1) is 12.2. The van der Waals surface area contributed by atoms with E-state index in [2.05, 4.69) is 0 Å². The Bertz CT molecular complexity index is 659. The Balaban J connectivity index is 4.27. The zero-order chi connectivity index (χ0) is 22.5. The van der Waals surface area contributed by atoms with Gasteiger partial charge in [0.1, 0.15) is 0 Å². The molecule has 0 amide bonds. The Morgan fingerprint density at radius 2 is 1.07 bits per heavy atom. The SMILES string of the molecule is CCC(C)c1cc(C(F)(F)F)c(C(O)(C(F)(F)F)C(F)(F)F)c(C(F)(F)F)c1. The van der Waals surface area contributed by atoms with Crippen molar-refractivity contribution in [1.29, 1.82) is 0 Å². The Hall–Kier alpha value is -1.66. The third-order valence-corrected chi connectivity index (χ3v) is 4.14. The van der Waals surface area contributed by atoms with Crippen molar-refractivity contribution in [1.82, 2.24) is 0 Å². The molecule has 28 heavy (non-hydrogen) atoms. The zero-order valence-electron chi connectivity index (χ0n) is 13.9. The highest BCUT2D eigenvalue weighted by Crippen LogP contribution is 2.56. The summed E-state index contributed by atoms with van der Waals surface area (Å²) in [5, 5.41) is 9.28. The molecule has 1 unspecified atom stereocenters. The number of halogens is 12. The summed E-state index contributed by atoms with van der Waals surface area (Å²) < 4.78 is 158. The van der Waals surface area contributed by atoms with Crippen LogP contribution in [0.5, 0.6) is 0 Å². The van der Waals surface area contributed by atoms with Gasteiger partial charge in [-0.15, -0.1) is 0 Å². The molecule has 1 aromatic carbocycles. The van der Waals surface area contributed by atoms with E-state index >= 15 is 0 Å². The number of hydrogen-bond acceptors (Lipinski definition) is 1. The molecule has 0 saturated heterocycles. The van der Waals surface area contributed by atoms with Gasteiger partial charge in [0.2, 0.25) is 0 Å². The Kier molecular flexibility index (Phi) is 6.09. The fourth-order valence-corrected chi connectivity index (χ4v) is 2.47. The average molecular weight is 436 g/mol. The minimum absolute atomic E-state index is 0.0588. The summed E-state index contributed by atoms with van der Waals surface area (Å²) in [4.78, 5) is 0. The van der Waals surface area contributed by atoms with Crippen molar-refractivity contribution in [2.75, 3.05) is 0 Å². The molecule has 0 heterocycles. The highest BCUT2D eigenvalue weighted by Gasteiger charge is 2.74. The molecule has 1 rings (SSSR count). The molecule has 1 nitrogen and oxygen atoms in total. The predicted octanol–water partition coefficient (Wildman–Crippen LogP) is 6.55. The molecular formula is C15H12F12O. The summed E-state index contributed by atoms with van der Waals surface area (Å²) in [5.41, 5.74) is -16.3. The lowest BCUT2D eigenvalue weighted by atomic mass is 9.81. The van der Waals surface area contributed by atoms with Gasteiger partial charge in [0, 0.05) is 5.56 Å². The minimum atomic E-state index is -6.93. The second kappa shape index (κ2) is 6.99. The molecule has 0 bridgehead atoms. The second-order valence-corrected chi connectivity index (χ2v) is 6.00. The molecule has 162 valence electrons. The third kappa shape index (κ3) is 4.18. The van der Waals surface area contributed by atoms with Gasteiger partial charge in [0.25, 0.3) is 5.60 Å². The summed E-state index contributed by atoms with van der Waals surface area (Å²) in [7, 11) is 0. The van der Waals surface area contributed by atoms with Crippen molar-refractivity contribution in [2.45, 2.75) is 56.5 Å². The van der Waals surface area contributed by atoms with E-state index in [1.807, 2.05) is 0 Å². The molecule has 0 saturated carbocycles. The second-order valence-electron chi connectivity index (χ2n) is 6.00. The van der Waals surface area contributed by atoms with Crippen LogP contribution in [0.15, 0.2) is 12.1 Å². The Morgan fingerprint density at radius 1 is 0.750 bits per heavy atom. The first kappa shape index (κ1) is 24.4. The van der Waals surface area contributed by atoms with E-state index in [0.29, 0.717) is 0 Å². The predicted molar refractivity (Wildman–Crippen MR) is 71.2 cm³/mol. The van der Waals surface area contributed by atoms with Gasteiger partial charge in [-0.2, -0.15) is 52.7 Å². The van der Waals surface area contributed by atoms with Gasteiger partial charge in [0.05, 0.1) is 11.1 Å². The van der Waals surface area contributed by atoms with Crippen molar-refractivity contribution in [3.05, 3.63) is 34.4 Å². The normalized spacial score (nSPS) is 15.7. The van der Waals surface area contributed by atoms with Crippen LogP contribution in [0.25, 0.3) is 0 Å². The topological polar surface area (TPSA) is 20.2 Å². The molecule has 1 atom stereocenters. The summed E-state index contributed by atoms with van der Waals surface area (Å²) >= 11 is 0. The van der Waals surface area contributed by atoms with Crippen molar-refractivity contribution < 1.29 is 57.8 Å². The number of alkyl halides is 12. The van der Waals surface area contributed by atoms with E-state index in [1.54, 1.807) is 0 Å². The maximum absolute atomic E-state index is 13.3. The van der Waals surface area contributed by atoms with Crippen LogP contribution in [-0.4, -0.2) is 17.5 Å². The molecule has 0 aliphatic carbocycles. The van der Waals surface area contributed by atoms with Crippen molar-refractivity contribution in [2.24, 2.45) is 0 Å². The molecule has 0 spiro atoms. The third-order valence-electron chi connectivity index (χ3n) is 4.14. The van der Waals surface area contributed by atoms with E-state index in [-0.39, 0.29) is 18.6 Å². The van der Waals surface area contributed by atoms with Crippen LogP contribution in [0.3, 0.4) is 0 Å². The monoisotopic (exact) mass is 436 g/mol. The van der Waals surface area contributed by atoms with Crippen molar-refractivity contribution in [3.8, 4) is 0 Å². The van der Waals surface area contributed by atoms with Crippen LogP contribution in [0.2, 0.25) is 0 Å². The van der Waals surface area contributed by atoms with Crippen molar-refractivity contribution >= 4 is 0 Å². The zero-order valence-corrected chi connectivity index (χ0v) is 13.9. The van der Waals surface area contributed by atoms with E-state index in [9.17, 15) is 57.8 Å². The maximum Gasteiger partial charge on any atom is 0.430 e. The maximum atomic E-state index is 13.3. The van der Waals surface area contributed by atoms with E-state index < -0.39 is 58.5 Å². The molecule has 0 aliphatic heterocycles. The van der Waals surface area contributed by atoms with Gasteiger partial charge in [-0.1, -0.05) is 13.8 Å². The van der Waals surface area contributed by atoms with Crippen LogP contribution in [0.1, 0.15) is 48.4 Å². The number of benzene rings is 1. The summed E-state index contributed by atoms with van der Waals surface area (Å²) in [6.07, 6.45) is -26.0. The van der Waals surface area contributed by atoms with Crippen LogP contribution in [0, 0.1) is 0 Å². The number of rotatable bonds is 3. The minimum Gasteiger partial charge on any atom is -0.369 e. The molecule has 13 heteroatoms. The molecule has 1 N–H and O–H groups in total. The smallest absolute Gasteiger partial charge is 0.369 e. The largest absolute Gasteiger partial charge is 0.430 e. The Morgan fingerprint density at radius 3 is 1.29 bits per heavy atom.